The molecule has 0 aliphatic carbocycles. The van der Waals surface area contributed by atoms with E-state index in [-0.39, 0.29) is 5.82 Å². The van der Waals surface area contributed by atoms with E-state index < -0.39 is 0 Å². The highest BCUT2D eigenvalue weighted by Gasteiger charge is 2.18. The van der Waals surface area contributed by atoms with Gasteiger partial charge < -0.3 is 9.64 Å². The Kier molecular flexibility index (Phi) is 5.16. The fourth-order valence-electron chi connectivity index (χ4n) is 3.29. The summed E-state index contributed by atoms with van der Waals surface area (Å²) in [6, 6.07) is 22.8. The first-order valence-corrected chi connectivity index (χ1v) is 9.43. The van der Waals surface area contributed by atoms with Gasteiger partial charge in [-0.15, -0.1) is 0 Å². The monoisotopic (exact) mass is 377 g/mol. The van der Waals surface area contributed by atoms with Crippen LogP contribution in [0.3, 0.4) is 0 Å². The largest absolute Gasteiger partial charge is 0.489 e. The predicted molar refractivity (Wildman–Crippen MR) is 109 cm³/mol. The zero-order chi connectivity index (χ0) is 18.6. The van der Waals surface area contributed by atoms with E-state index in [4.69, 9.17) is 17.0 Å². The number of halogens is 1. The molecule has 0 amide bonds. The summed E-state index contributed by atoms with van der Waals surface area (Å²) in [5.41, 5.74) is 4.73. The summed E-state index contributed by atoms with van der Waals surface area (Å²) in [6.07, 6.45) is 1.02. The molecule has 0 radical (unpaired) electrons. The molecule has 4 rings (SSSR count). The van der Waals surface area contributed by atoms with Gasteiger partial charge in [0.15, 0.2) is 0 Å². The fraction of sp³-hybridized carbons (Fsp3) is 0.174. The highest BCUT2D eigenvalue weighted by atomic mass is 32.1. The molecule has 0 fully saturated rings. The van der Waals surface area contributed by atoms with Gasteiger partial charge >= 0.3 is 0 Å². The van der Waals surface area contributed by atoms with Crippen LogP contribution < -0.4 is 4.74 Å². The minimum Gasteiger partial charge on any atom is -0.489 e. The van der Waals surface area contributed by atoms with Crippen molar-refractivity contribution < 1.29 is 9.13 Å². The van der Waals surface area contributed by atoms with E-state index in [1.54, 1.807) is 12.1 Å². The van der Waals surface area contributed by atoms with E-state index >= 15 is 0 Å². The molecule has 27 heavy (non-hydrogen) atoms. The number of rotatable bonds is 4. The summed E-state index contributed by atoms with van der Waals surface area (Å²) in [5, 5.41) is 0. The molecule has 1 aliphatic rings. The molecule has 136 valence electrons. The van der Waals surface area contributed by atoms with Crippen LogP contribution >= 0.6 is 12.2 Å². The first-order chi connectivity index (χ1) is 13.2. The van der Waals surface area contributed by atoms with Crippen LogP contribution in [0.4, 0.5) is 4.39 Å². The smallest absolute Gasteiger partial charge is 0.123 e. The Labute approximate surface area is 164 Å². The number of fused-ring (bicyclic) bond motifs is 1. The van der Waals surface area contributed by atoms with Crippen LogP contribution in [0.25, 0.3) is 0 Å². The Morgan fingerprint density at radius 2 is 1.63 bits per heavy atom. The molecule has 0 unspecified atom stereocenters. The molecule has 0 N–H and O–H groups in total. The number of benzene rings is 3. The van der Waals surface area contributed by atoms with Gasteiger partial charge in [0.1, 0.15) is 23.2 Å². The molecule has 0 spiro atoms. The minimum atomic E-state index is -0.239. The minimum absolute atomic E-state index is 0.239. The maximum absolute atomic E-state index is 12.9. The molecule has 3 aromatic carbocycles. The summed E-state index contributed by atoms with van der Waals surface area (Å²) >= 11 is 5.72. The van der Waals surface area contributed by atoms with Crippen molar-refractivity contribution in [3.05, 3.63) is 101 Å². The molecular weight excluding hydrogens is 357 g/mol. The van der Waals surface area contributed by atoms with Gasteiger partial charge in [0, 0.05) is 18.7 Å². The summed E-state index contributed by atoms with van der Waals surface area (Å²) in [6.45, 7) is 2.21. The fourth-order valence-corrected chi connectivity index (χ4v) is 3.58. The summed E-state index contributed by atoms with van der Waals surface area (Å²) in [7, 11) is 0. The third-order valence-corrected chi connectivity index (χ3v) is 5.33. The Bertz CT molecular complexity index is 937. The van der Waals surface area contributed by atoms with Crippen molar-refractivity contribution in [1.82, 2.24) is 4.90 Å². The first kappa shape index (κ1) is 17.7. The van der Waals surface area contributed by atoms with Crippen molar-refractivity contribution >= 4 is 17.2 Å². The van der Waals surface area contributed by atoms with Gasteiger partial charge in [-0.25, -0.2) is 4.39 Å². The molecule has 1 heterocycles. The molecule has 2 nitrogen and oxygen atoms in total. The molecule has 4 heteroatoms. The third kappa shape index (κ3) is 4.17. The lowest BCUT2D eigenvalue weighted by atomic mass is 9.99. The third-order valence-electron chi connectivity index (χ3n) is 4.84. The van der Waals surface area contributed by atoms with Gasteiger partial charge in [0.25, 0.3) is 0 Å². The maximum atomic E-state index is 12.9. The molecule has 1 aliphatic heterocycles. The van der Waals surface area contributed by atoms with Crippen molar-refractivity contribution in [2.75, 3.05) is 6.54 Å². The zero-order valence-corrected chi connectivity index (χ0v) is 15.7. The average molecular weight is 377 g/mol. The lowest BCUT2D eigenvalue weighted by Gasteiger charge is -2.31. The summed E-state index contributed by atoms with van der Waals surface area (Å²) < 4.78 is 18.7. The van der Waals surface area contributed by atoms with Crippen molar-refractivity contribution in [2.45, 2.75) is 19.6 Å². The Balaban J connectivity index is 1.38. The van der Waals surface area contributed by atoms with Gasteiger partial charge in [-0.2, -0.15) is 0 Å². The number of thiocarbonyl (C=S) groups is 1. The molecule has 0 bridgehead atoms. The van der Waals surface area contributed by atoms with Crippen LogP contribution in [0, 0.1) is 5.82 Å². The SMILES string of the molecule is Fc1ccc(COc2ccc(C(=S)N3CCc4ccccc4C3)cc2)cc1. The van der Waals surface area contributed by atoms with E-state index in [1.807, 2.05) is 24.3 Å². The summed E-state index contributed by atoms with van der Waals surface area (Å²) in [4.78, 5) is 3.13. The predicted octanol–water partition coefficient (Wildman–Crippen LogP) is 5.14. The number of hydrogen-bond acceptors (Lipinski definition) is 2. The van der Waals surface area contributed by atoms with Gasteiger partial charge in [-0.05, 0) is 59.5 Å². The van der Waals surface area contributed by atoms with Gasteiger partial charge in [-0.3, -0.25) is 0 Å². The topological polar surface area (TPSA) is 12.5 Å². The normalized spacial score (nSPS) is 13.1. The van der Waals surface area contributed by atoms with Crippen LogP contribution in [0.2, 0.25) is 0 Å². The number of hydrogen-bond donors (Lipinski definition) is 0. The van der Waals surface area contributed by atoms with Crippen molar-refractivity contribution in [1.29, 1.82) is 0 Å². The van der Waals surface area contributed by atoms with Crippen molar-refractivity contribution in [3.8, 4) is 5.75 Å². The Hall–Kier alpha value is -2.72. The van der Waals surface area contributed by atoms with Crippen LogP contribution in [0.5, 0.6) is 5.75 Å². The zero-order valence-electron chi connectivity index (χ0n) is 14.9. The average Bonchev–Trinajstić information content (AvgIpc) is 2.73. The first-order valence-electron chi connectivity index (χ1n) is 9.02. The standard InChI is InChI=1S/C23H20FNOS/c24-21-9-5-17(6-10-21)16-26-22-11-7-19(8-12-22)23(27)25-14-13-18-3-1-2-4-20(18)15-25/h1-12H,13-16H2. The highest BCUT2D eigenvalue weighted by Crippen LogP contribution is 2.22. The number of nitrogens with zero attached hydrogens (tertiary/aromatic N) is 1. The second kappa shape index (κ2) is 7.89. The maximum Gasteiger partial charge on any atom is 0.123 e. The van der Waals surface area contributed by atoms with Crippen LogP contribution in [-0.2, 0) is 19.6 Å². The van der Waals surface area contributed by atoms with Gasteiger partial charge in [0.2, 0.25) is 0 Å². The van der Waals surface area contributed by atoms with E-state index in [0.717, 1.165) is 41.4 Å². The molecule has 0 saturated heterocycles. The molecule has 0 saturated carbocycles. The second-order valence-corrected chi connectivity index (χ2v) is 7.07. The quantitative estimate of drug-likeness (QED) is 0.584. The van der Waals surface area contributed by atoms with Crippen molar-refractivity contribution in [3.63, 3.8) is 0 Å². The highest BCUT2D eigenvalue weighted by molar-refractivity contribution is 7.80. The van der Waals surface area contributed by atoms with Gasteiger partial charge in [0.05, 0.1) is 0 Å². The van der Waals surface area contributed by atoms with Crippen LogP contribution in [0.1, 0.15) is 22.3 Å². The van der Waals surface area contributed by atoms with Crippen molar-refractivity contribution in [2.24, 2.45) is 0 Å². The molecule has 0 atom stereocenters. The molecule has 0 aromatic heterocycles. The van der Waals surface area contributed by atoms with Crippen LogP contribution in [0.15, 0.2) is 72.8 Å². The lowest BCUT2D eigenvalue weighted by Crippen LogP contribution is -2.35. The van der Waals surface area contributed by atoms with Gasteiger partial charge in [-0.1, -0.05) is 48.6 Å². The molecule has 3 aromatic rings. The van der Waals surface area contributed by atoms with E-state index in [1.165, 1.54) is 23.3 Å². The van der Waals surface area contributed by atoms with E-state index in [2.05, 4.69) is 29.2 Å². The Morgan fingerprint density at radius 1 is 0.926 bits per heavy atom. The lowest BCUT2D eigenvalue weighted by molar-refractivity contribution is 0.306. The second-order valence-electron chi connectivity index (χ2n) is 6.68. The van der Waals surface area contributed by atoms with E-state index in [0.29, 0.717) is 6.61 Å². The van der Waals surface area contributed by atoms with E-state index in [9.17, 15) is 4.39 Å². The van der Waals surface area contributed by atoms with Crippen LogP contribution in [-0.4, -0.2) is 16.4 Å². The number of ether oxygens (including phenoxy) is 1. The molecular formula is C23H20FNOS. The summed E-state index contributed by atoms with van der Waals surface area (Å²) in [5.74, 6) is 0.534. The Morgan fingerprint density at radius 3 is 2.37 bits per heavy atom.